The lowest BCUT2D eigenvalue weighted by molar-refractivity contribution is 0.0714. The Balaban J connectivity index is 2.32. The highest BCUT2D eigenvalue weighted by molar-refractivity contribution is 4.80. The van der Waals surface area contributed by atoms with Gasteiger partial charge in [-0.15, -0.1) is 6.58 Å². The fraction of sp³-hybridized carbons (Fsp3) is 0.778. The lowest BCUT2D eigenvalue weighted by atomic mass is 9.84. The first-order chi connectivity index (χ1) is 4.84. The van der Waals surface area contributed by atoms with E-state index in [-0.39, 0.29) is 6.10 Å². The van der Waals surface area contributed by atoms with Crippen LogP contribution >= 0.6 is 0 Å². The predicted octanol–water partition coefficient (Wildman–Crippen LogP) is 2.11. The SMILES string of the molecule is C=CCC1CCCC[C@H]1O. The molecule has 10 heavy (non-hydrogen) atoms. The molecule has 1 rings (SSSR count). The van der Waals surface area contributed by atoms with Crippen LogP contribution in [0.4, 0.5) is 0 Å². The van der Waals surface area contributed by atoms with Crippen LogP contribution in [0.1, 0.15) is 32.1 Å². The maximum Gasteiger partial charge on any atom is 0.0571 e. The molecule has 1 aliphatic carbocycles. The van der Waals surface area contributed by atoms with Crippen molar-refractivity contribution in [3.8, 4) is 0 Å². The van der Waals surface area contributed by atoms with Gasteiger partial charge in [-0.25, -0.2) is 0 Å². The Bertz CT molecular complexity index is 109. The Kier molecular flexibility index (Phi) is 2.94. The number of allylic oxidation sites excluding steroid dienone is 1. The van der Waals surface area contributed by atoms with Gasteiger partial charge in [0, 0.05) is 0 Å². The number of aliphatic hydroxyl groups is 1. The van der Waals surface area contributed by atoms with E-state index in [2.05, 4.69) is 6.58 Å². The summed E-state index contributed by atoms with van der Waals surface area (Å²) < 4.78 is 0. The smallest absolute Gasteiger partial charge is 0.0571 e. The summed E-state index contributed by atoms with van der Waals surface area (Å²) in [7, 11) is 0. The summed E-state index contributed by atoms with van der Waals surface area (Å²) in [5, 5.41) is 9.45. The minimum absolute atomic E-state index is 0.0493. The van der Waals surface area contributed by atoms with E-state index >= 15 is 0 Å². The van der Waals surface area contributed by atoms with Gasteiger partial charge < -0.3 is 5.11 Å². The molecule has 0 heterocycles. The summed E-state index contributed by atoms with van der Waals surface area (Å²) in [6.07, 6.45) is 7.53. The predicted molar refractivity (Wildman–Crippen MR) is 42.8 cm³/mol. The van der Waals surface area contributed by atoms with Gasteiger partial charge in [0.2, 0.25) is 0 Å². The van der Waals surface area contributed by atoms with E-state index in [1.54, 1.807) is 0 Å². The Morgan fingerprint density at radius 2 is 2.10 bits per heavy atom. The molecule has 0 spiro atoms. The van der Waals surface area contributed by atoms with Crippen molar-refractivity contribution in [1.29, 1.82) is 0 Å². The lowest BCUT2D eigenvalue weighted by Crippen LogP contribution is -2.23. The molecule has 0 aromatic heterocycles. The second-order valence-corrected chi connectivity index (χ2v) is 3.14. The van der Waals surface area contributed by atoms with E-state index in [1.807, 2.05) is 6.08 Å². The average Bonchev–Trinajstić information content (AvgIpc) is 1.94. The molecule has 1 aliphatic rings. The fourth-order valence-corrected chi connectivity index (χ4v) is 1.68. The van der Waals surface area contributed by atoms with Crippen molar-refractivity contribution < 1.29 is 5.11 Å². The lowest BCUT2D eigenvalue weighted by Gasteiger charge is -2.26. The molecule has 0 aromatic carbocycles. The largest absolute Gasteiger partial charge is 0.393 e. The topological polar surface area (TPSA) is 20.2 Å². The summed E-state index contributed by atoms with van der Waals surface area (Å²) in [4.78, 5) is 0. The molecule has 0 aliphatic heterocycles. The van der Waals surface area contributed by atoms with Crippen LogP contribution in [0.5, 0.6) is 0 Å². The van der Waals surface area contributed by atoms with Crippen molar-refractivity contribution in [2.24, 2.45) is 5.92 Å². The van der Waals surface area contributed by atoms with Crippen LogP contribution in [-0.4, -0.2) is 11.2 Å². The van der Waals surface area contributed by atoms with Crippen molar-refractivity contribution in [2.45, 2.75) is 38.2 Å². The molecule has 0 radical (unpaired) electrons. The summed E-state index contributed by atoms with van der Waals surface area (Å²) >= 11 is 0. The highest BCUT2D eigenvalue weighted by Crippen LogP contribution is 2.26. The van der Waals surface area contributed by atoms with Gasteiger partial charge in [0.1, 0.15) is 0 Å². The number of aliphatic hydroxyl groups excluding tert-OH is 1. The zero-order chi connectivity index (χ0) is 7.40. The summed E-state index contributed by atoms with van der Waals surface area (Å²) in [5.41, 5.74) is 0. The minimum Gasteiger partial charge on any atom is -0.393 e. The van der Waals surface area contributed by atoms with Gasteiger partial charge in [0.05, 0.1) is 6.10 Å². The second-order valence-electron chi connectivity index (χ2n) is 3.14. The zero-order valence-electron chi connectivity index (χ0n) is 6.42. The molecule has 1 N–H and O–H groups in total. The van der Waals surface area contributed by atoms with Gasteiger partial charge in [-0.1, -0.05) is 18.9 Å². The molecule has 0 amide bonds. The Morgan fingerprint density at radius 1 is 1.40 bits per heavy atom. The monoisotopic (exact) mass is 140 g/mol. The van der Waals surface area contributed by atoms with E-state index in [1.165, 1.54) is 19.3 Å². The van der Waals surface area contributed by atoms with Crippen molar-refractivity contribution in [3.05, 3.63) is 12.7 Å². The van der Waals surface area contributed by atoms with Crippen LogP contribution in [0.15, 0.2) is 12.7 Å². The highest BCUT2D eigenvalue weighted by atomic mass is 16.3. The fourth-order valence-electron chi connectivity index (χ4n) is 1.68. The van der Waals surface area contributed by atoms with Crippen molar-refractivity contribution >= 4 is 0 Å². The summed E-state index contributed by atoms with van der Waals surface area (Å²) in [5.74, 6) is 0.506. The molecule has 0 aromatic rings. The summed E-state index contributed by atoms with van der Waals surface area (Å²) in [6, 6.07) is 0. The van der Waals surface area contributed by atoms with Crippen LogP contribution in [0.3, 0.4) is 0 Å². The second kappa shape index (κ2) is 3.77. The number of rotatable bonds is 2. The molecule has 1 fully saturated rings. The third-order valence-electron chi connectivity index (χ3n) is 2.34. The van der Waals surface area contributed by atoms with E-state index in [4.69, 9.17) is 0 Å². The molecule has 1 heteroatoms. The Morgan fingerprint density at radius 3 is 2.70 bits per heavy atom. The standard InChI is InChI=1S/C9H16O/c1-2-5-8-6-3-4-7-9(8)10/h2,8-10H,1,3-7H2/t8?,9-/m1/s1. The van der Waals surface area contributed by atoms with Crippen LogP contribution in [0, 0.1) is 5.92 Å². The zero-order valence-corrected chi connectivity index (χ0v) is 6.42. The van der Waals surface area contributed by atoms with Gasteiger partial charge in [0.25, 0.3) is 0 Å². The quantitative estimate of drug-likeness (QED) is 0.582. The Hall–Kier alpha value is -0.300. The maximum atomic E-state index is 9.45. The first-order valence-electron chi connectivity index (χ1n) is 4.13. The van der Waals surface area contributed by atoms with Gasteiger partial charge in [-0.2, -0.15) is 0 Å². The molecular weight excluding hydrogens is 124 g/mol. The first kappa shape index (κ1) is 7.80. The number of hydrogen-bond acceptors (Lipinski definition) is 1. The maximum absolute atomic E-state index is 9.45. The van der Waals surface area contributed by atoms with Gasteiger partial charge in [-0.05, 0) is 25.2 Å². The van der Waals surface area contributed by atoms with Crippen LogP contribution in [0.25, 0.3) is 0 Å². The van der Waals surface area contributed by atoms with E-state index < -0.39 is 0 Å². The third-order valence-corrected chi connectivity index (χ3v) is 2.34. The van der Waals surface area contributed by atoms with Crippen molar-refractivity contribution in [1.82, 2.24) is 0 Å². The van der Waals surface area contributed by atoms with Gasteiger partial charge in [-0.3, -0.25) is 0 Å². The molecule has 1 saturated carbocycles. The van der Waals surface area contributed by atoms with Crippen molar-refractivity contribution in [2.75, 3.05) is 0 Å². The normalized spacial score (nSPS) is 33.7. The van der Waals surface area contributed by atoms with E-state index in [9.17, 15) is 5.11 Å². The molecule has 58 valence electrons. The van der Waals surface area contributed by atoms with Gasteiger partial charge in [0.15, 0.2) is 0 Å². The molecule has 0 saturated heterocycles. The average molecular weight is 140 g/mol. The molecule has 1 nitrogen and oxygen atoms in total. The molecule has 2 atom stereocenters. The van der Waals surface area contributed by atoms with Crippen molar-refractivity contribution in [3.63, 3.8) is 0 Å². The van der Waals surface area contributed by atoms with Crippen LogP contribution in [-0.2, 0) is 0 Å². The van der Waals surface area contributed by atoms with Crippen LogP contribution < -0.4 is 0 Å². The molecule has 1 unspecified atom stereocenters. The van der Waals surface area contributed by atoms with Gasteiger partial charge >= 0.3 is 0 Å². The van der Waals surface area contributed by atoms with E-state index in [0.717, 1.165) is 12.8 Å². The van der Waals surface area contributed by atoms with Crippen LogP contribution in [0.2, 0.25) is 0 Å². The Labute approximate surface area is 62.8 Å². The molecular formula is C9H16O. The first-order valence-corrected chi connectivity index (χ1v) is 4.13. The van der Waals surface area contributed by atoms with E-state index in [0.29, 0.717) is 5.92 Å². The highest BCUT2D eigenvalue weighted by Gasteiger charge is 2.20. The number of hydrogen-bond donors (Lipinski definition) is 1. The third kappa shape index (κ3) is 1.84. The summed E-state index contributed by atoms with van der Waals surface area (Å²) in [6.45, 7) is 3.68. The minimum atomic E-state index is -0.0493. The molecule has 0 bridgehead atoms.